The summed E-state index contributed by atoms with van der Waals surface area (Å²) in [4.78, 5) is 70.2. The van der Waals surface area contributed by atoms with Crippen LogP contribution in [0, 0.1) is 19.8 Å². The number of aryl methyl sites for hydroxylation is 2. The van der Waals surface area contributed by atoms with Crippen molar-refractivity contribution >= 4 is 35.1 Å². The van der Waals surface area contributed by atoms with Crippen molar-refractivity contribution in [2.45, 2.75) is 47.0 Å². The first-order valence-corrected chi connectivity index (χ1v) is 11.2. The van der Waals surface area contributed by atoms with E-state index in [0.717, 1.165) is 0 Å². The Morgan fingerprint density at radius 2 is 1.36 bits per heavy atom. The summed E-state index contributed by atoms with van der Waals surface area (Å²) in [5.41, 5.74) is 0. The van der Waals surface area contributed by atoms with Gasteiger partial charge in [-0.2, -0.15) is 0 Å². The fourth-order valence-corrected chi connectivity index (χ4v) is 2.89. The van der Waals surface area contributed by atoms with Gasteiger partial charge >= 0.3 is 35.0 Å². The zero-order valence-electron chi connectivity index (χ0n) is 19.6. The first-order chi connectivity index (χ1) is 17.0. The van der Waals surface area contributed by atoms with Crippen LogP contribution in [0.5, 0.6) is 0 Å². The Morgan fingerprint density at radius 3 is 1.86 bits per heavy atom. The molecular formula is C20H23NO14S. The van der Waals surface area contributed by atoms with Crippen LogP contribution in [0.2, 0.25) is 0 Å². The number of alkyl carbamates (subject to hydrolysis) is 1. The minimum atomic E-state index is -1.44. The average molecular weight is 533 g/mol. The van der Waals surface area contributed by atoms with Crippen LogP contribution in [-0.2, 0) is 41.8 Å². The minimum Gasteiger partial charge on any atom is -0.456 e. The first-order valence-electron chi connectivity index (χ1n) is 10.2. The van der Waals surface area contributed by atoms with Gasteiger partial charge < -0.3 is 41.9 Å². The monoisotopic (exact) mass is 533 g/mol. The highest BCUT2D eigenvalue weighted by Gasteiger charge is 2.26. The van der Waals surface area contributed by atoms with E-state index in [9.17, 15) is 28.8 Å². The Kier molecular flexibility index (Phi) is 10.4. The van der Waals surface area contributed by atoms with Gasteiger partial charge in [0.25, 0.3) is 0 Å². The summed E-state index contributed by atoms with van der Waals surface area (Å²) in [6, 6.07) is -1.44. The van der Waals surface area contributed by atoms with Crippen molar-refractivity contribution in [3.05, 3.63) is 44.3 Å². The molecule has 36 heavy (non-hydrogen) atoms. The number of rotatable bonds is 11. The van der Waals surface area contributed by atoms with Crippen molar-refractivity contribution in [2.75, 3.05) is 12.5 Å². The SMILES string of the molecule is Cc1oc(=O)oc1COC(=O)SC[C@H](NC(=O)OCOC(=O)C(C)C)C(=O)OCc1oc(=O)oc1C. The van der Waals surface area contributed by atoms with Gasteiger partial charge in [-0.1, -0.05) is 13.8 Å². The predicted octanol–water partition coefficient (Wildman–Crippen LogP) is 1.76. The molecular weight excluding hydrogens is 510 g/mol. The Morgan fingerprint density at radius 1 is 0.806 bits per heavy atom. The van der Waals surface area contributed by atoms with Gasteiger partial charge in [-0.05, 0) is 25.6 Å². The molecule has 198 valence electrons. The van der Waals surface area contributed by atoms with Crippen molar-refractivity contribution in [3.8, 4) is 0 Å². The average Bonchev–Trinajstić information content (AvgIpc) is 3.31. The Labute approximate surface area is 206 Å². The molecule has 0 aliphatic heterocycles. The van der Waals surface area contributed by atoms with Crippen LogP contribution in [0.4, 0.5) is 9.59 Å². The lowest BCUT2D eigenvalue weighted by Gasteiger charge is -2.17. The fourth-order valence-electron chi connectivity index (χ4n) is 2.23. The topological polar surface area (TPSA) is 204 Å². The molecule has 1 amide bonds. The van der Waals surface area contributed by atoms with E-state index in [1.807, 2.05) is 0 Å². The third kappa shape index (κ3) is 9.01. The molecule has 0 radical (unpaired) electrons. The number of ether oxygens (including phenoxy) is 4. The van der Waals surface area contributed by atoms with E-state index in [0.29, 0.717) is 11.8 Å². The quantitative estimate of drug-likeness (QED) is 0.248. The number of esters is 2. The number of hydrogen-bond acceptors (Lipinski definition) is 15. The molecule has 16 heteroatoms. The molecule has 0 bridgehead atoms. The van der Waals surface area contributed by atoms with Gasteiger partial charge in [0, 0.05) is 5.75 Å². The zero-order chi connectivity index (χ0) is 26.8. The Hall–Kier alpha value is -3.95. The van der Waals surface area contributed by atoms with Gasteiger partial charge in [0.05, 0.1) is 5.92 Å². The van der Waals surface area contributed by atoms with Crippen molar-refractivity contribution in [1.29, 1.82) is 0 Å². The number of nitrogens with one attached hydrogen (secondary N) is 1. The van der Waals surface area contributed by atoms with E-state index in [1.54, 1.807) is 13.8 Å². The highest BCUT2D eigenvalue weighted by molar-refractivity contribution is 8.13. The molecule has 1 atom stereocenters. The number of thioether (sulfide) groups is 1. The first kappa shape index (κ1) is 28.3. The molecule has 2 heterocycles. The van der Waals surface area contributed by atoms with E-state index in [-0.39, 0.29) is 28.8 Å². The third-order valence-corrected chi connectivity index (χ3v) is 5.00. The molecule has 0 spiro atoms. The summed E-state index contributed by atoms with van der Waals surface area (Å²) in [5.74, 6) is -4.25. The van der Waals surface area contributed by atoms with Crippen LogP contribution in [-0.4, -0.2) is 41.9 Å². The molecule has 0 saturated carbocycles. The van der Waals surface area contributed by atoms with Gasteiger partial charge in [0.15, 0.2) is 36.3 Å². The predicted molar refractivity (Wildman–Crippen MR) is 116 cm³/mol. The molecule has 0 saturated heterocycles. The molecule has 15 nitrogen and oxygen atoms in total. The van der Waals surface area contributed by atoms with Crippen LogP contribution >= 0.6 is 11.8 Å². The molecule has 0 aliphatic carbocycles. The number of carbonyl (C=O) groups is 4. The maximum absolute atomic E-state index is 12.5. The summed E-state index contributed by atoms with van der Waals surface area (Å²) in [7, 11) is 0. The van der Waals surface area contributed by atoms with Crippen LogP contribution < -0.4 is 17.0 Å². The largest absolute Gasteiger partial charge is 0.519 e. The summed E-state index contributed by atoms with van der Waals surface area (Å²) in [6.07, 6.45) is -1.15. The van der Waals surface area contributed by atoms with Gasteiger partial charge in [-0.25, -0.2) is 24.0 Å². The van der Waals surface area contributed by atoms with Crippen molar-refractivity contribution in [3.63, 3.8) is 0 Å². The summed E-state index contributed by atoms with van der Waals surface area (Å²) < 4.78 is 38.1. The Bertz CT molecular complexity index is 1190. The van der Waals surface area contributed by atoms with Gasteiger partial charge in [0.1, 0.15) is 6.04 Å². The van der Waals surface area contributed by atoms with Gasteiger partial charge in [0.2, 0.25) is 6.79 Å². The van der Waals surface area contributed by atoms with Crippen molar-refractivity contribution < 1.29 is 55.8 Å². The fraction of sp³-hybridized carbons (Fsp3) is 0.500. The molecule has 0 aliphatic rings. The van der Waals surface area contributed by atoms with E-state index < -0.39 is 66.9 Å². The van der Waals surface area contributed by atoms with Crippen LogP contribution in [0.25, 0.3) is 0 Å². The molecule has 2 aromatic rings. The molecule has 0 fully saturated rings. The maximum Gasteiger partial charge on any atom is 0.519 e. The molecule has 1 N–H and O–H groups in total. The van der Waals surface area contributed by atoms with E-state index in [2.05, 4.69) is 14.2 Å². The lowest BCUT2D eigenvalue weighted by atomic mass is 10.2. The second kappa shape index (κ2) is 13.2. The highest BCUT2D eigenvalue weighted by atomic mass is 32.2. The number of carbonyl (C=O) groups excluding carboxylic acids is 4. The molecule has 2 rings (SSSR count). The van der Waals surface area contributed by atoms with Crippen LogP contribution in [0.3, 0.4) is 0 Å². The zero-order valence-corrected chi connectivity index (χ0v) is 20.4. The summed E-state index contributed by atoms with van der Waals surface area (Å²) in [5, 5.41) is 1.29. The summed E-state index contributed by atoms with van der Waals surface area (Å²) >= 11 is 0.488. The molecule has 0 unspecified atom stereocenters. The highest BCUT2D eigenvalue weighted by Crippen LogP contribution is 2.14. The lowest BCUT2D eigenvalue weighted by molar-refractivity contribution is -0.156. The minimum absolute atomic E-state index is 0.000434. The number of hydrogen-bond donors (Lipinski definition) is 1. The Balaban J connectivity index is 1.94. The molecule has 2 aromatic heterocycles. The van der Waals surface area contributed by atoms with Crippen molar-refractivity contribution in [1.82, 2.24) is 5.32 Å². The van der Waals surface area contributed by atoms with Crippen LogP contribution in [0.1, 0.15) is 36.9 Å². The number of amides is 1. The standard InChI is InChI=1S/C20H23NO14S/c1-9(2)15(22)30-8-31-17(24)21-12(16(23)28-5-13-10(3)32-18(25)34-13)7-36-20(27)29-6-14-11(4)33-19(26)35-14/h9,12H,5-8H2,1-4H3,(H,21,24)/t12-/m0/s1. The third-order valence-electron chi connectivity index (χ3n) is 4.14. The lowest BCUT2D eigenvalue weighted by Crippen LogP contribution is -2.44. The van der Waals surface area contributed by atoms with E-state index in [4.69, 9.17) is 27.8 Å². The van der Waals surface area contributed by atoms with Gasteiger partial charge in [-0.15, -0.1) is 0 Å². The summed E-state index contributed by atoms with van der Waals surface area (Å²) in [6.45, 7) is 4.39. The van der Waals surface area contributed by atoms with Crippen LogP contribution in [0.15, 0.2) is 27.3 Å². The second-order valence-electron chi connectivity index (χ2n) is 7.19. The molecule has 0 aromatic carbocycles. The van der Waals surface area contributed by atoms with E-state index >= 15 is 0 Å². The van der Waals surface area contributed by atoms with Gasteiger partial charge in [-0.3, -0.25) is 4.79 Å². The second-order valence-corrected chi connectivity index (χ2v) is 8.14. The smallest absolute Gasteiger partial charge is 0.456 e. The maximum atomic E-state index is 12.5. The van der Waals surface area contributed by atoms with E-state index in [1.165, 1.54) is 13.8 Å². The normalized spacial score (nSPS) is 11.6. The van der Waals surface area contributed by atoms with Crippen molar-refractivity contribution in [2.24, 2.45) is 5.92 Å².